The van der Waals surface area contributed by atoms with Crippen molar-refractivity contribution in [3.05, 3.63) is 29.8 Å². The Morgan fingerprint density at radius 1 is 1.33 bits per heavy atom. The van der Waals surface area contributed by atoms with Gasteiger partial charge in [-0.1, -0.05) is 31.0 Å². The molecule has 2 atom stereocenters. The van der Waals surface area contributed by atoms with Crippen molar-refractivity contribution in [2.75, 3.05) is 14.2 Å². The molecule has 0 radical (unpaired) electrons. The minimum absolute atomic E-state index is 0.0326. The summed E-state index contributed by atoms with van der Waals surface area (Å²) in [4.78, 5) is 27.0. The fourth-order valence-electron chi connectivity index (χ4n) is 4.34. The Balaban J connectivity index is 1.76. The number of nitrogens with zero attached hydrogens (tertiary/aromatic N) is 1. The lowest BCUT2D eigenvalue weighted by Crippen LogP contribution is -2.60. The van der Waals surface area contributed by atoms with Crippen LogP contribution in [0.1, 0.15) is 44.1 Å². The van der Waals surface area contributed by atoms with Crippen molar-refractivity contribution in [3.8, 4) is 5.75 Å². The predicted octanol–water partition coefficient (Wildman–Crippen LogP) is 2.49. The number of hydrogen-bond donors (Lipinski definition) is 1. The lowest BCUT2D eigenvalue weighted by molar-refractivity contribution is -0.153. The van der Waals surface area contributed by atoms with Gasteiger partial charge in [-0.15, -0.1) is 0 Å². The van der Waals surface area contributed by atoms with Gasteiger partial charge in [0.1, 0.15) is 5.75 Å². The number of fused-ring (bicyclic) bond motifs is 1. The molecule has 5 nitrogen and oxygen atoms in total. The number of rotatable bonds is 4. The van der Waals surface area contributed by atoms with Crippen molar-refractivity contribution in [2.45, 2.75) is 51.1 Å². The molecular formula is C19H26N2O3. The molecule has 1 aromatic rings. The summed E-state index contributed by atoms with van der Waals surface area (Å²) in [5, 5.41) is 3.11. The topological polar surface area (TPSA) is 58.6 Å². The summed E-state index contributed by atoms with van der Waals surface area (Å²) in [6.07, 6.45) is 5.06. The second-order valence-corrected chi connectivity index (χ2v) is 6.92. The maximum Gasteiger partial charge on any atom is 0.228 e. The van der Waals surface area contributed by atoms with Crippen LogP contribution >= 0.6 is 0 Å². The second-order valence-electron chi connectivity index (χ2n) is 6.92. The first-order valence-corrected chi connectivity index (χ1v) is 8.74. The zero-order chi connectivity index (χ0) is 17.2. The van der Waals surface area contributed by atoms with Crippen LogP contribution < -0.4 is 10.1 Å². The van der Waals surface area contributed by atoms with E-state index in [4.69, 9.17) is 4.74 Å². The molecule has 2 fully saturated rings. The zero-order valence-corrected chi connectivity index (χ0v) is 14.5. The highest BCUT2D eigenvalue weighted by Crippen LogP contribution is 2.46. The smallest absolute Gasteiger partial charge is 0.228 e. The van der Waals surface area contributed by atoms with Gasteiger partial charge >= 0.3 is 0 Å². The molecular weight excluding hydrogens is 304 g/mol. The van der Waals surface area contributed by atoms with Crippen LogP contribution in [0.4, 0.5) is 0 Å². The Morgan fingerprint density at radius 2 is 2.12 bits per heavy atom. The van der Waals surface area contributed by atoms with Crippen LogP contribution in [0.3, 0.4) is 0 Å². The monoisotopic (exact) mass is 330 g/mol. The molecule has 3 rings (SSSR count). The molecule has 0 aromatic heterocycles. The third kappa shape index (κ3) is 2.87. The molecule has 0 spiro atoms. The Kier molecular flexibility index (Phi) is 4.78. The number of nitrogens with one attached hydrogen (secondary N) is 1. The van der Waals surface area contributed by atoms with Crippen LogP contribution in [0.15, 0.2) is 24.3 Å². The molecule has 0 unspecified atom stereocenters. The normalized spacial score (nSPS) is 26.7. The average Bonchev–Trinajstić information content (AvgIpc) is 2.63. The van der Waals surface area contributed by atoms with E-state index in [1.165, 1.54) is 0 Å². The number of hydrogen-bond acceptors (Lipinski definition) is 3. The van der Waals surface area contributed by atoms with Crippen molar-refractivity contribution in [2.24, 2.45) is 5.41 Å². The Hall–Kier alpha value is -2.04. The number of benzene rings is 1. The first-order chi connectivity index (χ1) is 11.6. The van der Waals surface area contributed by atoms with Gasteiger partial charge in [0.05, 0.1) is 12.5 Å². The molecule has 0 bridgehead atoms. The van der Waals surface area contributed by atoms with Gasteiger partial charge < -0.3 is 15.0 Å². The number of likely N-dealkylation sites (tertiary alicyclic amines) is 1. The van der Waals surface area contributed by atoms with E-state index in [2.05, 4.69) is 5.32 Å². The summed E-state index contributed by atoms with van der Waals surface area (Å²) in [5.41, 5.74) is 0.542. The third-order valence-electron chi connectivity index (χ3n) is 5.72. The molecule has 1 saturated heterocycles. The van der Waals surface area contributed by atoms with E-state index in [0.29, 0.717) is 19.4 Å². The third-order valence-corrected chi connectivity index (χ3v) is 5.72. The minimum Gasteiger partial charge on any atom is -0.496 e. The summed E-state index contributed by atoms with van der Waals surface area (Å²) in [6, 6.07) is 7.76. The van der Waals surface area contributed by atoms with Crippen LogP contribution in [0.5, 0.6) is 5.75 Å². The molecule has 5 heteroatoms. The van der Waals surface area contributed by atoms with Crippen molar-refractivity contribution >= 4 is 11.8 Å². The van der Waals surface area contributed by atoms with E-state index in [1.54, 1.807) is 7.11 Å². The molecule has 1 aliphatic heterocycles. The molecule has 1 heterocycles. The Labute approximate surface area is 143 Å². The number of amides is 2. The van der Waals surface area contributed by atoms with Crippen LogP contribution in [0, 0.1) is 5.41 Å². The fourth-order valence-corrected chi connectivity index (χ4v) is 4.34. The largest absolute Gasteiger partial charge is 0.496 e. The highest BCUT2D eigenvalue weighted by atomic mass is 16.5. The molecule has 1 aliphatic carbocycles. The predicted molar refractivity (Wildman–Crippen MR) is 91.5 cm³/mol. The van der Waals surface area contributed by atoms with Crippen LogP contribution in [0.25, 0.3) is 0 Å². The SMILES string of the molecule is COc1ccccc1CNC(=O)[C@@]12CCCC[C@H]1N(C)C(=O)CC2. The van der Waals surface area contributed by atoms with Gasteiger partial charge in [-0.3, -0.25) is 9.59 Å². The maximum atomic E-state index is 13.1. The van der Waals surface area contributed by atoms with E-state index in [9.17, 15) is 9.59 Å². The Morgan fingerprint density at radius 3 is 2.92 bits per heavy atom. The quantitative estimate of drug-likeness (QED) is 0.923. The average molecular weight is 330 g/mol. The van der Waals surface area contributed by atoms with E-state index in [0.717, 1.165) is 37.0 Å². The lowest BCUT2D eigenvalue weighted by Gasteiger charge is -2.50. The highest BCUT2D eigenvalue weighted by molar-refractivity contribution is 5.87. The van der Waals surface area contributed by atoms with Gasteiger partial charge in [0.15, 0.2) is 0 Å². The molecule has 24 heavy (non-hydrogen) atoms. The van der Waals surface area contributed by atoms with E-state index < -0.39 is 5.41 Å². The summed E-state index contributed by atoms with van der Waals surface area (Å²) < 4.78 is 5.35. The van der Waals surface area contributed by atoms with Crippen molar-refractivity contribution < 1.29 is 14.3 Å². The number of methoxy groups -OCH3 is 1. The molecule has 2 amide bonds. The molecule has 2 aliphatic rings. The van der Waals surface area contributed by atoms with Crippen molar-refractivity contribution in [1.29, 1.82) is 0 Å². The van der Waals surface area contributed by atoms with Gasteiger partial charge in [-0.25, -0.2) is 0 Å². The van der Waals surface area contributed by atoms with Crippen LogP contribution in [-0.4, -0.2) is 36.9 Å². The van der Waals surface area contributed by atoms with E-state index >= 15 is 0 Å². The van der Waals surface area contributed by atoms with Gasteiger partial charge in [-0.2, -0.15) is 0 Å². The van der Waals surface area contributed by atoms with Crippen LogP contribution in [0.2, 0.25) is 0 Å². The standard InChI is InChI=1S/C19H26N2O3/c1-21-16-9-5-6-11-19(16,12-10-17(21)22)18(23)20-13-14-7-3-4-8-15(14)24-2/h3-4,7-8,16H,5-6,9-13H2,1-2H3,(H,20,23)/t16-,19-/m1/s1. The highest BCUT2D eigenvalue weighted by Gasteiger charge is 2.52. The molecule has 130 valence electrons. The first kappa shape index (κ1) is 16.8. The zero-order valence-electron chi connectivity index (χ0n) is 14.5. The Bertz CT molecular complexity index is 631. The summed E-state index contributed by atoms with van der Waals surface area (Å²) in [7, 11) is 3.48. The lowest BCUT2D eigenvalue weighted by atomic mass is 9.64. The van der Waals surface area contributed by atoms with Crippen LogP contribution in [-0.2, 0) is 16.1 Å². The number of carbonyl (C=O) groups is 2. The fraction of sp³-hybridized carbons (Fsp3) is 0.579. The summed E-state index contributed by atoms with van der Waals surface area (Å²) in [6.45, 7) is 0.453. The summed E-state index contributed by atoms with van der Waals surface area (Å²) in [5.74, 6) is 1.03. The van der Waals surface area contributed by atoms with Gasteiger partial charge in [0.2, 0.25) is 11.8 Å². The van der Waals surface area contributed by atoms with Gasteiger partial charge in [0.25, 0.3) is 0 Å². The van der Waals surface area contributed by atoms with Gasteiger partial charge in [-0.05, 0) is 25.3 Å². The molecule has 1 N–H and O–H groups in total. The molecule has 1 saturated carbocycles. The first-order valence-electron chi connectivity index (χ1n) is 8.74. The number of carbonyl (C=O) groups excluding carboxylic acids is 2. The molecule has 1 aromatic carbocycles. The maximum absolute atomic E-state index is 13.1. The second kappa shape index (κ2) is 6.83. The number of para-hydroxylation sites is 1. The van der Waals surface area contributed by atoms with E-state index in [-0.39, 0.29) is 17.9 Å². The van der Waals surface area contributed by atoms with Crippen molar-refractivity contribution in [3.63, 3.8) is 0 Å². The van der Waals surface area contributed by atoms with Crippen molar-refractivity contribution in [1.82, 2.24) is 10.2 Å². The minimum atomic E-state index is -0.428. The van der Waals surface area contributed by atoms with Gasteiger partial charge in [0, 0.05) is 31.6 Å². The summed E-state index contributed by atoms with van der Waals surface area (Å²) >= 11 is 0. The number of ether oxygens (including phenoxy) is 1. The van der Waals surface area contributed by atoms with E-state index in [1.807, 2.05) is 36.2 Å². The number of piperidine rings is 1.